The summed E-state index contributed by atoms with van der Waals surface area (Å²) in [4.78, 5) is 6.94. The number of nitrogens with one attached hydrogen (secondary N) is 1. The Hall–Kier alpha value is -1.87. The third-order valence-corrected chi connectivity index (χ3v) is 3.61. The largest absolute Gasteiger partial charge is 0.366 e. The summed E-state index contributed by atoms with van der Waals surface area (Å²) >= 11 is 0. The molecule has 2 aromatic rings. The molecule has 1 atom stereocenters. The molecule has 0 aliphatic carbocycles. The topological polar surface area (TPSA) is 28.2 Å². The molecule has 3 heteroatoms. The highest BCUT2D eigenvalue weighted by Crippen LogP contribution is 2.19. The Kier molecular flexibility index (Phi) is 3.75. The van der Waals surface area contributed by atoms with E-state index in [4.69, 9.17) is 0 Å². The summed E-state index contributed by atoms with van der Waals surface area (Å²) < 4.78 is 0. The molecule has 2 heterocycles. The zero-order valence-electron chi connectivity index (χ0n) is 11.0. The Balaban J connectivity index is 1.78. The molecule has 0 saturated carbocycles. The van der Waals surface area contributed by atoms with Gasteiger partial charge in [0.2, 0.25) is 0 Å². The van der Waals surface area contributed by atoms with Crippen LogP contribution in [0.25, 0.3) is 0 Å². The number of hydrogen-bond donors (Lipinski definition) is 1. The van der Waals surface area contributed by atoms with Gasteiger partial charge in [0.15, 0.2) is 0 Å². The Bertz CT molecular complexity index is 498. The second-order valence-corrected chi connectivity index (χ2v) is 4.91. The van der Waals surface area contributed by atoms with Crippen molar-refractivity contribution in [3.63, 3.8) is 0 Å². The van der Waals surface area contributed by atoms with Crippen molar-refractivity contribution in [1.82, 2.24) is 10.3 Å². The minimum absolute atomic E-state index is 0.478. The van der Waals surface area contributed by atoms with Gasteiger partial charge in [-0.25, -0.2) is 0 Å². The summed E-state index contributed by atoms with van der Waals surface area (Å²) in [6, 6.07) is 17.3. The number of piperazine rings is 1. The van der Waals surface area contributed by atoms with E-state index in [1.54, 1.807) is 0 Å². The lowest BCUT2D eigenvalue weighted by Gasteiger charge is -2.38. The lowest BCUT2D eigenvalue weighted by atomic mass is 10.1. The number of benzene rings is 1. The number of hydrogen-bond acceptors (Lipinski definition) is 3. The molecule has 19 heavy (non-hydrogen) atoms. The van der Waals surface area contributed by atoms with Gasteiger partial charge in [0.05, 0.1) is 0 Å². The molecular weight excluding hydrogens is 234 g/mol. The fraction of sp³-hybridized carbons (Fsp3) is 0.312. The fourth-order valence-electron chi connectivity index (χ4n) is 2.66. The summed E-state index contributed by atoms with van der Waals surface area (Å²) in [5.74, 6) is 0. The van der Waals surface area contributed by atoms with Gasteiger partial charge in [0.25, 0.3) is 0 Å². The highest BCUT2D eigenvalue weighted by atomic mass is 15.2. The summed E-state index contributed by atoms with van der Waals surface area (Å²) in [5, 5.41) is 3.49. The monoisotopic (exact) mass is 253 g/mol. The van der Waals surface area contributed by atoms with Crippen LogP contribution in [-0.4, -0.2) is 30.7 Å². The van der Waals surface area contributed by atoms with Crippen LogP contribution in [0.4, 0.5) is 5.69 Å². The van der Waals surface area contributed by atoms with Crippen molar-refractivity contribution in [2.45, 2.75) is 12.5 Å². The van der Waals surface area contributed by atoms with Crippen LogP contribution in [0.5, 0.6) is 0 Å². The molecule has 1 aromatic carbocycles. The Morgan fingerprint density at radius 2 is 1.95 bits per heavy atom. The van der Waals surface area contributed by atoms with Crippen LogP contribution in [0.3, 0.4) is 0 Å². The summed E-state index contributed by atoms with van der Waals surface area (Å²) in [6.45, 7) is 3.13. The quantitative estimate of drug-likeness (QED) is 0.908. The van der Waals surface area contributed by atoms with Crippen LogP contribution >= 0.6 is 0 Å². The van der Waals surface area contributed by atoms with Crippen LogP contribution in [0.15, 0.2) is 54.7 Å². The second kappa shape index (κ2) is 5.85. The Labute approximate surface area is 114 Å². The van der Waals surface area contributed by atoms with Gasteiger partial charge >= 0.3 is 0 Å². The Morgan fingerprint density at radius 3 is 2.74 bits per heavy atom. The lowest BCUT2D eigenvalue weighted by Crippen LogP contribution is -2.52. The van der Waals surface area contributed by atoms with Crippen LogP contribution in [-0.2, 0) is 6.42 Å². The molecule has 3 nitrogen and oxygen atoms in total. The van der Waals surface area contributed by atoms with Gasteiger partial charge in [-0.05, 0) is 24.3 Å². The molecule has 1 fully saturated rings. The van der Waals surface area contributed by atoms with E-state index in [-0.39, 0.29) is 0 Å². The first-order chi connectivity index (χ1) is 9.43. The average molecular weight is 253 g/mol. The van der Waals surface area contributed by atoms with E-state index < -0.39 is 0 Å². The molecule has 0 amide bonds. The molecular formula is C16H19N3. The highest BCUT2D eigenvalue weighted by Gasteiger charge is 2.22. The van der Waals surface area contributed by atoms with Crippen LogP contribution < -0.4 is 10.2 Å². The van der Waals surface area contributed by atoms with E-state index in [0.29, 0.717) is 6.04 Å². The number of pyridine rings is 1. The predicted octanol–water partition coefficient (Wildman–Crippen LogP) is 2.10. The molecule has 1 saturated heterocycles. The number of nitrogens with zero attached hydrogens (tertiary/aromatic N) is 2. The first kappa shape index (κ1) is 12.2. The summed E-state index contributed by atoms with van der Waals surface area (Å²) in [5.41, 5.74) is 2.47. The molecule has 1 N–H and O–H groups in total. The van der Waals surface area contributed by atoms with E-state index in [0.717, 1.165) is 31.7 Å². The number of rotatable bonds is 3. The van der Waals surface area contributed by atoms with Gasteiger partial charge in [-0.1, -0.05) is 24.3 Å². The Morgan fingerprint density at radius 1 is 1.11 bits per heavy atom. The number of anilines is 1. The molecule has 3 rings (SSSR count). The van der Waals surface area contributed by atoms with Crippen molar-refractivity contribution >= 4 is 5.69 Å². The number of aromatic nitrogens is 1. The van der Waals surface area contributed by atoms with Gasteiger partial charge in [0.1, 0.15) is 0 Å². The first-order valence-electron chi connectivity index (χ1n) is 6.86. The highest BCUT2D eigenvalue weighted by molar-refractivity contribution is 5.48. The smallest absolute Gasteiger partial charge is 0.0470 e. The average Bonchev–Trinajstić information content (AvgIpc) is 2.50. The van der Waals surface area contributed by atoms with E-state index in [1.165, 1.54) is 5.69 Å². The third-order valence-electron chi connectivity index (χ3n) is 3.61. The van der Waals surface area contributed by atoms with Crippen LogP contribution in [0, 0.1) is 0 Å². The number of para-hydroxylation sites is 1. The van der Waals surface area contributed by atoms with E-state index in [9.17, 15) is 0 Å². The molecule has 0 spiro atoms. The van der Waals surface area contributed by atoms with Crippen molar-refractivity contribution < 1.29 is 0 Å². The lowest BCUT2D eigenvalue weighted by molar-refractivity contribution is 0.470. The second-order valence-electron chi connectivity index (χ2n) is 4.91. The predicted molar refractivity (Wildman–Crippen MR) is 78.4 cm³/mol. The third kappa shape index (κ3) is 2.93. The molecule has 0 radical (unpaired) electrons. The summed E-state index contributed by atoms with van der Waals surface area (Å²) in [6.07, 6.45) is 2.86. The SMILES string of the molecule is c1ccc(N2CCNCC2Cc2ccccn2)cc1. The zero-order chi connectivity index (χ0) is 12.9. The van der Waals surface area contributed by atoms with Crippen molar-refractivity contribution in [3.8, 4) is 0 Å². The van der Waals surface area contributed by atoms with E-state index in [2.05, 4.69) is 57.7 Å². The minimum atomic E-state index is 0.478. The minimum Gasteiger partial charge on any atom is -0.366 e. The van der Waals surface area contributed by atoms with Gasteiger partial charge in [0, 0.05) is 49.7 Å². The summed E-state index contributed by atoms with van der Waals surface area (Å²) in [7, 11) is 0. The van der Waals surface area contributed by atoms with Crippen LogP contribution in [0.2, 0.25) is 0 Å². The van der Waals surface area contributed by atoms with Crippen molar-refractivity contribution in [3.05, 3.63) is 60.4 Å². The molecule has 0 bridgehead atoms. The fourth-order valence-corrected chi connectivity index (χ4v) is 2.66. The zero-order valence-corrected chi connectivity index (χ0v) is 11.0. The molecule has 1 unspecified atom stereocenters. The normalized spacial score (nSPS) is 19.4. The van der Waals surface area contributed by atoms with Gasteiger partial charge in [-0.3, -0.25) is 4.98 Å². The van der Waals surface area contributed by atoms with Gasteiger partial charge < -0.3 is 10.2 Å². The maximum atomic E-state index is 4.45. The van der Waals surface area contributed by atoms with E-state index in [1.807, 2.05) is 12.3 Å². The molecule has 1 aliphatic rings. The van der Waals surface area contributed by atoms with Gasteiger partial charge in [-0.2, -0.15) is 0 Å². The molecule has 1 aromatic heterocycles. The van der Waals surface area contributed by atoms with E-state index >= 15 is 0 Å². The standard InChI is InChI=1S/C16H19N3/c1-2-7-15(8-3-1)19-11-10-17-13-16(19)12-14-6-4-5-9-18-14/h1-9,16-17H,10-13H2. The van der Waals surface area contributed by atoms with Crippen molar-refractivity contribution in [1.29, 1.82) is 0 Å². The maximum Gasteiger partial charge on any atom is 0.0470 e. The first-order valence-corrected chi connectivity index (χ1v) is 6.86. The molecule has 98 valence electrons. The maximum absolute atomic E-state index is 4.45. The van der Waals surface area contributed by atoms with Gasteiger partial charge in [-0.15, -0.1) is 0 Å². The molecule has 1 aliphatic heterocycles. The van der Waals surface area contributed by atoms with Crippen molar-refractivity contribution in [2.24, 2.45) is 0 Å². The van der Waals surface area contributed by atoms with Crippen molar-refractivity contribution in [2.75, 3.05) is 24.5 Å². The van der Waals surface area contributed by atoms with Crippen LogP contribution in [0.1, 0.15) is 5.69 Å².